The van der Waals surface area contributed by atoms with Gasteiger partial charge in [-0.25, -0.2) is 4.39 Å². The molecular formula is C13H21FN2. The van der Waals surface area contributed by atoms with Crippen LogP contribution in [0.5, 0.6) is 0 Å². The van der Waals surface area contributed by atoms with Gasteiger partial charge >= 0.3 is 0 Å². The van der Waals surface area contributed by atoms with Crippen molar-refractivity contribution in [3.05, 3.63) is 30.1 Å². The summed E-state index contributed by atoms with van der Waals surface area (Å²) in [6.45, 7) is 8.40. The summed E-state index contributed by atoms with van der Waals surface area (Å²) >= 11 is 0. The van der Waals surface area contributed by atoms with Gasteiger partial charge < -0.3 is 10.2 Å². The van der Waals surface area contributed by atoms with Gasteiger partial charge in [0.1, 0.15) is 5.82 Å². The molecule has 16 heavy (non-hydrogen) atoms. The molecule has 0 saturated carbocycles. The summed E-state index contributed by atoms with van der Waals surface area (Å²) in [7, 11) is 0. The maximum Gasteiger partial charge on any atom is 0.125 e. The zero-order valence-electron chi connectivity index (χ0n) is 10.2. The minimum Gasteiger partial charge on any atom is -0.384 e. The molecule has 0 atom stereocenters. The Balaban J connectivity index is 2.29. The molecule has 1 aromatic rings. The van der Waals surface area contributed by atoms with Gasteiger partial charge in [0, 0.05) is 18.8 Å². The molecule has 0 unspecified atom stereocenters. The van der Waals surface area contributed by atoms with E-state index in [1.807, 2.05) is 6.07 Å². The van der Waals surface area contributed by atoms with Crippen molar-refractivity contribution in [3.63, 3.8) is 0 Å². The monoisotopic (exact) mass is 224 g/mol. The molecular weight excluding hydrogens is 203 g/mol. The van der Waals surface area contributed by atoms with Gasteiger partial charge in [-0.05, 0) is 37.7 Å². The van der Waals surface area contributed by atoms with E-state index in [0.29, 0.717) is 0 Å². The number of likely N-dealkylation sites (N-methyl/N-ethyl adjacent to an activating group) is 1. The second kappa shape index (κ2) is 7.23. The van der Waals surface area contributed by atoms with Gasteiger partial charge in [-0.3, -0.25) is 0 Å². The highest BCUT2D eigenvalue weighted by atomic mass is 19.1. The zero-order chi connectivity index (χ0) is 11.8. The number of hydrogen-bond donors (Lipinski definition) is 1. The molecule has 0 saturated heterocycles. The number of halogens is 1. The topological polar surface area (TPSA) is 15.3 Å². The van der Waals surface area contributed by atoms with Crippen LogP contribution in [0.2, 0.25) is 0 Å². The van der Waals surface area contributed by atoms with Crippen molar-refractivity contribution in [1.82, 2.24) is 4.90 Å². The van der Waals surface area contributed by atoms with Crippen molar-refractivity contribution >= 4 is 5.69 Å². The lowest BCUT2D eigenvalue weighted by atomic mass is 10.3. The van der Waals surface area contributed by atoms with Crippen LogP contribution in [-0.2, 0) is 0 Å². The lowest BCUT2D eigenvalue weighted by Crippen LogP contribution is -2.29. The van der Waals surface area contributed by atoms with E-state index in [4.69, 9.17) is 0 Å². The molecule has 1 aromatic carbocycles. The fourth-order valence-corrected chi connectivity index (χ4v) is 1.70. The second-order valence-electron chi connectivity index (χ2n) is 3.87. The van der Waals surface area contributed by atoms with Gasteiger partial charge in [0.05, 0.1) is 0 Å². The van der Waals surface area contributed by atoms with Crippen LogP contribution >= 0.6 is 0 Å². The van der Waals surface area contributed by atoms with E-state index < -0.39 is 0 Å². The predicted octanol–water partition coefficient (Wildman–Crippen LogP) is 2.97. The molecule has 0 radical (unpaired) electrons. The standard InChI is InChI=1S/C13H21FN2/c1-3-9-16(4-2)10-8-15-13-7-5-6-12(14)11-13/h5-7,11,15H,3-4,8-10H2,1-2H3. The highest BCUT2D eigenvalue weighted by molar-refractivity contribution is 5.42. The Hall–Kier alpha value is -1.09. The first-order valence-electron chi connectivity index (χ1n) is 5.98. The van der Waals surface area contributed by atoms with Gasteiger partial charge in [-0.1, -0.05) is 19.9 Å². The van der Waals surface area contributed by atoms with Crippen LogP contribution in [0, 0.1) is 5.82 Å². The van der Waals surface area contributed by atoms with Crippen LogP contribution in [0.15, 0.2) is 24.3 Å². The molecule has 2 nitrogen and oxygen atoms in total. The van der Waals surface area contributed by atoms with Crippen molar-refractivity contribution in [2.45, 2.75) is 20.3 Å². The molecule has 0 aromatic heterocycles. The summed E-state index contributed by atoms with van der Waals surface area (Å²) in [5.41, 5.74) is 0.854. The smallest absolute Gasteiger partial charge is 0.125 e. The molecule has 0 aliphatic carbocycles. The first-order chi connectivity index (χ1) is 7.76. The molecule has 0 aliphatic rings. The molecule has 0 fully saturated rings. The van der Waals surface area contributed by atoms with E-state index in [2.05, 4.69) is 24.1 Å². The molecule has 0 aliphatic heterocycles. The molecule has 0 amide bonds. The molecule has 0 bridgehead atoms. The molecule has 1 rings (SSSR count). The number of benzene rings is 1. The summed E-state index contributed by atoms with van der Waals surface area (Å²) in [6, 6.07) is 6.59. The number of nitrogens with one attached hydrogen (secondary N) is 1. The van der Waals surface area contributed by atoms with Gasteiger partial charge in [0.25, 0.3) is 0 Å². The Morgan fingerprint density at radius 2 is 2.06 bits per heavy atom. The van der Waals surface area contributed by atoms with Crippen LogP contribution in [0.1, 0.15) is 20.3 Å². The number of anilines is 1. The van der Waals surface area contributed by atoms with E-state index in [1.54, 1.807) is 6.07 Å². The largest absolute Gasteiger partial charge is 0.384 e. The van der Waals surface area contributed by atoms with Crippen molar-refractivity contribution in [3.8, 4) is 0 Å². The third kappa shape index (κ3) is 4.62. The minimum atomic E-state index is -0.189. The Bertz CT molecular complexity index is 302. The Morgan fingerprint density at radius 3 is 2.69 bits per heavy atom. The lowest BCUT2D eigenvalue weighted by molar-refractivity contribution is 0.300. The Morgan fingerprint density at radius 1 is 1.25 bits per heavy atom. The van der Waals surface area contributed by atoms with Gasteiger partial charge in [0.2, 0.25) is 0 Å². The fraction of sp³-hybridized carbons (Fsp3) is 0.538. The van der Waals surface area contributed by atoms with Gasteiger partial charge in [0.15, 0.2) is 0 Å². The highest BCUT2D eigenvalue weighted by Crippen LogP contribution is 2.08. The van der Waals surface area contributed by atoms with Crippen LogP contribution in [0.3, 0.4) is 0 Å². The molecule has 1 N–H and O–H groups in total. The molecule has 0 spiro atoms. The average molecular weight is 224 g/mol. The van der Waals surface area contributed by atoms with Gasteiger partial charge in [-0.15, -0.1) is 0 Å². The summed E-state index contributed by atoms with van der Waals surface area (Å²) in [5, 5.41) is 3.23. The summed E-state index contributed by atoms with van der Waals surface area (Å²) in [4.78, 5) is 2.38. The predicted molar refractivity (Wildman–Crippen MR) is 67.3 cm³/mol. The SMILES string of the molecule is CCCN(CC)CCNc1cccc(F)c1. The van der Waals surface area contributed by atoms with Crippen LogP contribution in [0.25, 0.3) is 0 Å². The number of nitrogens with zero attached hydrogens (tertiary/aromatic N) is 1. The number of rotatable bonds is 7. The van der Waals surface area contributed by atoms with Crippen LogP contribution in [0.4, 0.5) is 10.1 Å². The molecule has 0 heterocycles. The second-order valence-corrected chi connectivity index (χ2v) is 3.87. The van der Waals surface area contributed by atoms with Crippen molar-refractivity contribution < 1.29 is 4.39 Å². The van der Waals surface area contributed by atoms with Crippen molar-refractivity contribution in [1.29, 1.82) is 0 Å². The summed E-state index contributed by atoms with van der Waals surface area (Å²) in [6.07, 6.45) is 1.17. The van der Waals surface area contributed by atoms with Crippen LogP contribution in [-0.4, -0.2) is 31.1 Å². The zero-order valence-corrected chi connectivity index (χ0v) is 10.2. The number of hydrogen-bond acceptors (Lipinski definition) is 2. The first-order valence-corrected chi connectivity index (χ1v) is 5.98. The van der Waals surface area contributed by atoms with E-state index >= 15 is 0 Å². The quantitative estimate of drug-likeness (QED) is 0.766. The maximum atomic E-state index is 12.9. The summed E-state index contributed by atoms with van der Waals surface area (Å²) < 4.78 is 12.9. The Labute approximate surface area is 97.5 Å². The van der Waals surface area contributed by atoms with Crippen molar-refractivity contribution in [2.24, 2.45) is 0 Å². The first kappa shape index (κ1) is 13.0. The van der Waals surface area contributed by atoms with E-state index in [9.17, 15) is 4.39 Å². The van der Waals surface area contributed by atoms with E-state index in [-0.39, 0.29) is 5.82 Å². The normalized spacial score (nSPS) is 10.8. The van der Waals surface area contributed by atoms with E-state index in [0.717, 1.165) is 31.9 Å². The third-order valence-electron chi connectivity index (χ3n) is 2.57. The highest BCUT2D eigenvalue weighted by Gasteiger charge is 2.00. The minimum absolute atomic E-state index is 0.189. The maximum absolute atomic E-state index is 12.9. The lowest BCUT2D eigenvalue weighted by Gasteiger charge is -2.19. The van der Waals surface area contributed by atoms with Gasteiger partial charge in [-0.2, -0.15) is 0 Å². The Kier molecular flexibility index (Phi) is 5.86. The van der Waals surface area contributed by atoms with Crippen LogP contribution < -0.4 is 5.32 Å². The average Bonchev–Trinajstić information content (AvgIpc) is 2.28. The molecule has 3 heteroatoms. The van der Waals surface area contributed by atoms with E-state index in [1.165, 1.54) is 18.6 Å². The third-order valence-corrected chi connectivity index (χ3v) is 2.57. The molecule has 90 valence electrons. The summed E-state index contributed by atoms with van der Waals surface area (Å²) in [5.74, 6) is -0.189. The fourth-order valence-electron chi connectivity index (χ4n) is 1.70. The van der Waals surface area contributed by atoms with Crippen molar-refractivity contribution in [2.75, 3.05) is 31.5 Å².